The topological polar surface area (TPSA) is 28.2 Å². The molecular formula is C15H24FN3. The first-order valence-electron chi connectivity index (χ1n) is 7.32. The molecule has 1 aromatic heterocycles. The molecule has 3 nitrogen and oxygen atoms in total. The summed E-state index contributed by atoms with van der Waals surface area (Å²) in [6.45, 7) is 3.74. The van der Waals surface area contributed by atoms with E-state index in [1.807, 2.05) is 7.05 Å². The van der Waals surface area contributed by atoms with Gasteiger partial charge in [0, 0.05) is 24.7 Å². The third-order valence-corrected chi connectivity index (χ3v) is 3.90. The highest BCUT2D eigenvalue weighted by atomic mass is 19.1. The van der Waals surface area contributed by atoms with Gasteiger partial charge in [0.2, 0.25) is 0 Å². The standard InChI is InChI=1S/C15H24FN3/c1-3-19(14-7-5-4-6-8-14)15-12(10-17-2)9-13(16)11-18-15/h9,11,14,17H,3-8,10H2,1-2H3. The smallest absolute Gasteiger partial charge is 0.141 e. The van der Waals surface area contributed by atoms with Gasteiger partial charge in [-0.25, -0.2) is 9.37 Å². The second kappa shape index (κ2) is 6.85. The largest absolute Gasteiger partial charge is 0.354 e. The van der Waals surface area contributed by atoms with Crippen molar-refractivity contribution < 1.29 is 4.39 Å². The number of hydrogen-bond donors (Lipinski definition) is 1. The molecule has 0 atom stereocenters. The molecule has 1 N–H and O–H groups in total. The molecule has 1 aliphatic rings. The highest BCUT2D eigenvalue weighted by Crippen LogP contribution is 2.28. The zero-order valence-electron chi connectivity index (χ0n) is 12.0. The quantitative estimate of drug-likeness (QED) is 0.886. The summed E-state index contributed by atoms with van der Waals surface area (Å²) in [6.07, 6.45) is 7.72. The zero-order chi connectivity index (χ0) is 13.7. The number of nitrogens with zero attached hydrogens (tertiary/aromatic N) is 2. The van der Waals surface area contributed by atoms with E-state index in [4.69, 9.17) is 0 Å². The first-order valence-corrected chi connectivity index (χ1v) is 7.32. The van der Waals surface area contributed by atoms with Gasteiger partial charge in [0.15, 0.2) is 0 Å². The van der Waals surface area contributed by atoms with Crippen LogP contribution in [0.25, 0.3) is 0 Å². The fourth-order valence-corrected chi connectivity index (χ4v) is 3.03. The van der Waals surface area contributed by atoms with Gasteiger partial charge in [0.25, 0.3) is 0 Å². The number of aromatic nitrogens is 1. The molecule has 4 heteroatoms. The minimum Gasteiger partial charge on any atom is -0.354 e. The molecule has 0 bridgehead atoms. The van der Waals surface area contributed by atoms with Crippen LogP contribution >= 0.6 is 0 Å². The Morgan fingerprint density at radius 1 is 1.37 bits per heavy atom. The van der Waals surface area contributed by atoms with Crippen molar-refractivity contribution in [2.75, 3.05) is 18.5 Å². The Labute approximate surface area is 115 Å². The van der Waals surface area contributed by atoms with Crippen LogP contribution in [-0.4, -0.2) is 24.6 Å². The molecule has 2 rings (SSSR count). The minimum absolute atomic E-state index is 0.256. The Hall–Kier alpha value is -1.16. The molecule has 1 fully saturated rings. The van der Waals surface area contributed by atoms with Crippen LogP contribution < -0.4 is 10.2 Å². The molecule has 0 aromatic carbocycles. The summed E-state index contributed by atoms with van der Waals surface area (Å²) in [5.41, 5.74) is 0.954. The summed E-state index contributed by atoms with van der Waals surface area (Å²) in [4.78, 5) is 6.71. The lowest BCUT2D eigenvalue weighted by Gasteiger charge is -2.35. The fraction of sp³-hybridized carbons (Fsp3) is 0.667. The highest BCUT2D eigenvalue weighted by molar-refractivity contribution is 5.48. The van der Waals surface area contributed by atoms with Crippen LogP contribution in [0.4, 0.5) is 10.2 Å². The van der Waals surface area contributed by atoms with Crippen LogP contribution in [0.2, 0.25) is 0 Å². The predicted octanol–water partition coefficient (Wildman–Crippen LogP) is 3.10. The molecule has 106 valence electrons. The Bertz CT molecular complexity index is 402. The second-order valence-corrected chi connectivity index (χ2v) is 5.24. The summed E-state index contributed by atoms with van der Waals surface area (Å²) in [7, 11) is 1.88. The van der Waals surface area contributed by atoms with Gasteiger partial charge >= 0.3 is 0 Å². The third-order valence-electron chi connectivity index (χ3n) is 3.90. The summed E-state index contributed by atoms with van der Waals surface area (Å²) >= 11 is 0. The Balaban J connectivity index is 2.25. The van der Waals surface area contributed by atoms with Crippen molar-refractivity contribution in [3.8, 4) is 0 Å². The second-order valence-electron chi connectivity index (χ2n) is 5.24. The van der Waals surface area contributed by atoms with Crippen LogP contribution in [0.1, 0.15) is 44.6 Å². The van der Waals surface area contributed by atoms with Crippen molar-refractivity contribution in [2.45, 2.75) is 51.6 Å². The molecule has 0 radical (unpaired) electrons. The van der Waals surface area contributed by atoms with E-state index in [0.717, 1.165) is 17.9 Å². The van der Waals surface area contributed by atoms with Crippen molar-refractivity contribution in [1.29, 1.82) is 0 Å². The summed E-state index contributed by atoms with van der Waals surface area (Å²) < 4.78 is 13.4. The molecule has 0 spiro atoms. The van der Waals surface area contributed by atoms with E-state index in [-0.39, 0.29) is 5.82 Å². The zero-order valence-corrected chi connectivity index (χ0v) is 12.0. The van der Waals surface area contributed by atoms with E-state index in [0.29, 0.717) is 12.6 Å². The van der Waals surface area contributed by atoms with Gasteiger partial charge in [-0.2, -0.15) is 0 Å². The van der Waals surface area contributed by atoms with Gasteiger partial charge < -0.3 is 10.2 Å². The minimum atomic E-state index is -0.256. The Kier molecular flexibility index (Phi) is 5.14. The van der Waals surface area contributed by atoms with Crippen LogP contribution in [0.5, 0.6) is 0 Å². The van der Waals surface area contributed by atoms with Gasteiger partial charge in [-0.05, 0) is 32.9 Å². The monoisotopic (exact) mass is 265 g/mol. The van der Waals surface area contributed by atoms with E-state index in [9.17, 15) is 4.39 Å². The molecule has 1 aliphatic carbocycles. The molecule has 1 saturated carbocycles. The lowest BCUT2D eigenvalue weighted by Crippen LogP contribution is -2.38. The highest BCUT2D eigenvalue weighted by Gasteiger charge is 2.23. The van der Waals surface area contributed by atoms with E-state index in [1.165, 1.54) is 38.3 Å². The van der Waals surface area contributed by atoms with E-state index >= 15 is 0 Å². The van der Waals surface area contributed by atoms with Crippen molar-refractivity contribution in [2.24, 2.45) is 0 Å². The molecule has 19 heavy (non-hydrogen) atoms. The van der Waals surface area contributed by atoms with Gasteiger partial charge in [-0.3, -0.25) is 0 Å². The van der Waals surface area contributed by atoms with E-state index in [2.05, 4.69) is 22.1 Å². The van der Waals surface area contributed by atoms with Crippen molar-refractivity contribution in [1.82, 2.24) is 10.3 Å². The number of anilines is 1. The van der Waals surface area contributed by atoms with Crippen molar-refractivity contribution in [3.63, 3.8) is 0 Å². The average molecular weight is 265 g/mol. The maximum atomic E-state index is 13.4. The lowest BCUT2D eigenvalue weighted by molar-refractivity contribution is 0.415. The SMILES string of the molecule is CCN(c1ncc(F)cc1CNC)C1CCCCC1. The van der Waals surface area contributed by atoms with Gasteiger partial charge in [-0.1, -0.05) is 19.3 Å². The number of rotatable bonds is 5. The number of pyridine rings is 1. The van der Waals surface area contributed by atoms with Crippen LogP contribution in [0, 0.1) is 5.82 Å². The summed E-state index contributed by atoms with van der Waals surface area (Å²) in [5.74, 6) is 0.693. The van der Waals surface area contributed by atoms with Gasteiger partial charge in [-0.15, -0.1) is 0 Å². The lowest BCUT2D eigenvalue weighted by atomic mass is 9.94. The van der Waals surface area contributed by atoms with E-state index in [1.54, 1.807) is 6.07 Å². The third kappa shape index (κ3) is 3.44. The normalized spacial score (nSPS) is 16.6. The van der Waals surface area contributed by atoms with Crippen molar-refractivity contribution >= 4 is 5.82 Å². The Morgan fingerprint density at radius 3 is 2.74 bits per heavy atom. The Morgan fingerprint density at radius 2 is 2.11 bits per heavy atom. The fourth-order valence-electron chi connectivity index (χ4n) is 3.03. The maximum Gasteiger partial charge on any atom is 0.141 e. The molecule has 1 heterocycles. The van der Waals surface area contributed by atoms with Gasteiger partial charge in [0.05, 0.1) is 6.20 Å². The predicted molar refractivity (Wildman–Crippen MR) is 76.9 cm³/mol. The molecular weight excluding hydrogens is 241 g/mol. The molecule has 0 saturated heterocycles. The number of hydrogen-bond acceptors (Lipinski definition) is 3. The number of nitrogens with one attached hydrogen (secondary N) is 1. The van der Waals surface area contributed by atoms with Crippen molar-refractivity contribution in [3.05, 3.63) is 23.6 Å². The maximum absolute atomic E-state index is 13.4. The average Bonchev–Trinajstić information content (AvgIpc) is 2.43. The van der Waals surface area contributed by atoms with Crippen LogP contribution in [-0.2, 0) is 6.54 Å². The first-order chi connectivity index (χ1) is 9.26. The molecule has 0 aliphatic heterocycles. The molecule has 1 aromatic rings. The molecule has 0 amide bonds. The summed E-state index contributed by atoms with van der Waals surface area (Å²) in [5, 5.41) is 3.10. The van der Waals surface area contributed by atoms with Crippen LogP contribution in [0.3, 0.4) is 0 Å². The van der Waals surface area contributed by atoms with Crippen LogP contribution in [0.15, 0.2) is 12.3 Å². The van der Waals surface area contributed by atoms with Gasteiger partial charge in [0.1, 0.15) is 11.6 Å². The van der Waals surface area contributed by atoms with E-state index < -0.39 is 0 Å². The molecule has 0 unspecified atom stereocenters. The summed E-state index contributed by atoms with van der Waals surface area (Å²) in [6, 6.07) is 2.16. The number of halogens is 1. The first kappa shape index (κ1) is 14.3.